The second-order valence-electron chi connectivity index (χ2n) is 8.82. The molecule has 3 amide bonds. The van der Waals surface area contributed by atoms with Gasteiger partial charge in [0.1, 0.15) is 11.6 Å². The summed E-state index contributed by atoms with van der Waals surface area (Å²) in [5.41, 5.74) is 0.310. The molecule has 0 saturated carbocycles. The Morgan fingerprint density at radius 2 is 1.88 bits per heavy atom. The summed E-state index contributed by atoms with van der Waals surface area (Å²) in [6.07, 6.45) is -5.27. The largest absolute Gasteiger partial charge is 0.444 e. The van der Waals surface area contributed by atoms with Gasteiger partial charge < -0.3 is 15.4 Å². The zero-order chi connectivity index (χ0) is 23.7. The van der Waals surface area contributed by atoms with Crippen molar-refractivity contribution < 1.29 is 32.3 Å². The number of rotatable bonds is 4. The number of hydrogen-bond donors (Lipinski definition) is 2. The third-order valence-electron chi connectivity index (χ3n) is 5.20. The van der Waals surface area contributed by atoms with Crippen molar-refractivity contribution in [2.75, 3.05) is 19.6 Å². The van der Waals surface area contributed by atoms with Gasteiger partial charge in [0.15, 0.2) is 5.92 Å². The maximum absolute atomic E-state index is 13.6. The molecule has 1 fully saturated rings. The highest BCUT2D eigenvalue weighted by Gasteiger charge is 2.47. The van der Waals surface area contributed by atoms with Crippen LogP contribution in [-0.4, -0.2) is 59.3 Å². The molecule has 0 aliphatic carbocycles. The van der Waals surface area contributed by atoms with Gasteiger partial charge in [-0.1, -0.05) is 24.3 Å². The summed E-state index contributed by atoms with van der Waals surface area (Å²) in [6, 6.07) is 5.60. The summed E-state index contributed by atoms with van der Waals surface area (Å²) >= 11 is 0. The molecule has 0 radical (unpaired) electrons. The molecule has 2 aliphatic rings. The Bertz CT molecular complexity index is 885. The number of alkyl halides is 3. The maximum Gasteiger partial charge on any atom is 0.407 e. The van der Waals surface area contributed by atoms with Gasteiger partial charge >= 0.3 is 12.3 Å². The molecule has 2 heterocycles. The van der Waals surface area contributed by atoms with E-state index in [2.05, 4.69) is 5.32 Å². The Morgan fingerprint density at radius 3 is 2.53 bits per heavy atom. The molecule has 2 aliphatic heterocycles. The molecule has 32 heavy (non-hydrogen) atoms. The van der Waals surface area contributed by atoms with Crippen LogP contribution in [0.5, 0.6) is 0 Å². The summed E-state index contributed by atoms with van der Waals surface area (Å²) < 4.78 is 45.9. The van der Waals surface area contributed by atoms with Crippen molar-refractivity contribution in [2.45, 2.75) is 51.6 Å². The van der Waals surface area contributed by atoms with E-state index in [9.17, 15) is 27.6 Å². The van der Waals surface area contributed by atoms with E-state index in [0.717, 1.165) is 12.0 Å². The first-order chi connectivity index (χ1) is 14.9. The number of hydrogen-bond acceptors (Lipinski definition) is 5. The minimum atomic E-state index is -4.94. The van der Waals surface area contributed by atoms with Gasteiger partial charge in [0.25, 0.3) is 5.91 Å². The van der Waals surface area contributed by atoms with E-state index in [1.165, 1.54) is 5.01 Å². The molecule has 0 aromatic heterocycles. The molecule has 2 N–H and O–H groups in total. The molecule has 3 rings (SSSR count). The maximum atomic E-state index is 13.6. The molecule has 0 bridgehead atoms. The normalized spacial score (nSPS) is 20.1. The van der Waals surface area contributed by atoms with Gasteiger partial charge in [0.05, 0.1) is 0 Å². The first kappa shape index (κ1) is 23.8. The number of halogens is 3. The number of carbonyl (C=O) groups is 3. The van der Waals surface area contributed by atoms with Crippen LogP contribution in [0.25, 0.3) is 0 Å². The summed E-state index contributed by atoms with van der Waals surface area (Å²) in [6.45, 7) is 5.19. The lowest BCUT2D eigenvalue weighted by atomic mass is 9.98. The smallest absolute Gasteiger partial charge is 0.407 e. The second-order valence-corrected chi connectivity index (χ2v) is 8.82. The van der Waals surface area contributed by atoms with Crippen LogP contribution in [0.4, 0.5) is 18.0 Å². The van der Waals surface area contributed by atoms with Crippen LogP contribution >= 0.6 is 0 Å². The number of hydrazine groups is 1. The van der Waals surface area contributed by atoms with Crippen molar-refractivity contribution in [1.82, 2.24) is 20.7 Å². The van der Waals surface area contributed by atoms with Crippen molar-refractivity contribution in [3.63, 3.8) is 0 Å². The number of ether oxygens (including phenoxy) is 1. The number of fused-ring (bicyclic) bond motifs is 2. The van der Waals surface area contributed by atoms with Crippen LogP contribution in [0, 0.1) is 5.92 Å². The zero-order valence-corrected chi connectivity index (χ0v) is 18.2. The highest BCUT2D eigenvalue weighted by atomic mass is 19.4. The summed E-state index contributed by atoms with van der Waals surface area (Å²) in [5, 5.41) is 7.60. The van der Waals surface area contributed by atoms with Crippen molar-refractivity contribution in [1.29, 1.82) is 0 Å². The van der Waals surface area contributed by atoms with Crippen molar-refractivity contribution in [2.24, 2.45) is 5.92 Å². The highest BCUT2D eigenvalue weighted by molar-refractivity contribution is 5.90. The van der Waals surface area contributed by atoms with Crippen LogP contribution in [0.1, 0.15) is 44.4 Å². The minimum absolute atomic E-state index is 0.428. The van der Waals surface area contributed by atoms with Crippen LogP contribution < -0.4 is 10.6 Å². The second kappa shape index (κ2) is 8.97. The number of carbonyl (C=O) groups excluding carboxylic acids is 3. The van der Waals surface area contributed by atoms with Gasteiger partial charge in [0, 0.05) is 26.2 Å². The monoisotopic (exact) mass is 456 g/mol. The fraction of sp³-hybridized carbons (Fsp3) is 0.571. The number of benzene rings is 1. The number of nitrogens with one attached hydrogen (secondary N) is 2. The molecule has 1 aromatic rings. The van der Waals surface area contributed by atoms with E-state index in [-0.39, 0.29) is 0 Å². The van der Waals surface area contributed by atoms with E-state index in [4.69, 9.17) is 4.74 Å². The minimum Gasteiger partial charge on any atom is -0.444 e. The predicted molar refractivity (Wildman–Crippen MR) is 108 cm³/mol. The van der Waals surface area contributed by atoms with Gasteiger partial charge in [0.2, 0.25) is 5.91 Å². The molecular weight excluding hydrogens is 429 g/mol. The molecule has 11 heteroatoms. The van der Waals surface area contributed by atoms with E-state index in [1.54, 1.807) is 45.0 Å². The number of alkyl carbamates (subject to hydrolysis) is 1. The van der Waals surface area contributed by atoms with E-state index in [1.807, 2.05) is 10.3 Å². The highest BCUT2D eigenvalue weighted by Crippen LogP contribution is 2.31. The first-order valence-electron chi connectivity index (χ1n) is 10.3. The fourth-order valence-electron chi connectivity index (χ4n) is 3.76. The SMILES string of the molecule is CC(C)(C)OC(=O)NC[C@H](C(=O)N[C@@H]1C(=O)N2CCCN2Cc2ccccc21)C(F)(F)F. The average Bonchev–Trinajstić information content (AvgIpc) is 3.08. The first-order valence-corrected chi connectivity index (χ1v) is 10.3. The molecule has 176 valence electrons. The molecule has 0 spiro atoms. The van der Waals surface area contributed by atoms with Crippen molar-refractivity contribution in [3.05, 3.63) is 35.4 Å². The summed E-state index contributed by atoms with van der Waals surface area (Å²) in [7, 11) is 0. The van der Waals surface area contributed by atoms with Crippen molar-refractivity contribution in [3.8, 4) is 0 Å². The standard InChI is InChI=1S/C21H27F3N4O4/c1-20(2,3)32-19(31)25-11-15(21(22,23)24)17(29)26-16-14-8-5-4-7-13(14)12-27-9-6-10-28(27)18(16)30/h4-5,7-8,15-16H,6,9-12H2,1-3H3,(H,25,31)(H,26,29)/t15-,16+/m1/s1. The fourth-order valence-corrected chi connectivity index (χ4v) is 3.76. The molecular formula is C21H27F3N4O4. The third-order valence-corrected chi connectivity index (χ3v) is 5.20. The lowest BCUT2D eigenvalue weighted by molar-refractivity contribution is -0.182. The molecule has 1 saturated heterocycles. The summed E-state index contributed by atoms with van der Waals surface area (Å²) in [4.78, 5) is 37.6. The van der Waals surface area contributed by atoms with Gasteiger partial charge in [-0.15, -0.1) is 0 Å². The van der Waals surface area contributed by atoms with Crippen LogP contribution in [-0.2, 0) is 20.9 Å². The average molecular weight is 456 g/mol. The Morgan fingerprint density at radius 1 is 1.19 bits per heavy atom. The lowest BCUT2D eigenvalue weighted by Crippen LogP contribution is -2.51. The predicted octanol–water partition coefficient (Wildman–Crippen LogP) is 2.51. The van der Waals surface area contributed by atoms with Gasteiger partial charge in [-0.2, -0.15) is 13.2 Å². The van der Waals surface area contributed by atoms with Crippen molar-refractivity contribution >= 4 is 17.9 Å². The quantitative estimate of drug-likeness (QED) is 0.727. The number of nitrogens with zero attached hydrogens (tertiary/aromatic N) is 2. The Balaban J connectivity index is 1.80. The Hall–Kier alpha value is -2.82. The Kier molecular flexibility index (Phi) is 6.68. The third kappa shape index (κ3) is 5.50. The van der Waals surface area contributed by atoms with Crippen LogP contribution in [0.15, 0.2) is 24.3 Å². The molecule has 8 nitrogen and oxygen atoms in total. The Labute approximate surface area is 184 Å². The van der Waals surface area contributed by atoms with E-state index < -0.39 is 48.2 Å². The van der Waals surface area contributed by atoms with E-state index in [0.29, 0.717) is 25.2 Å². The molecule has 0 unspecified atom stereocenters. The molecule has 2 atom stereocenters. The topological polar surface area (TPSA) is 91.0 Å². The van der Waals surface area contributed by atoms with Crippen LogP contribution in [0.2, 0.25) is 0 Å². The zero-order valence-electron chi connectivity index (χ0n) is 18.2. The van der Waals surface area contributed by atoms with Gasteiger partial charge in [-0.25, -0.2) is 9.80 Å². The lowest BCUT2D eigenvalue weighted by Gasteiger charge is -2.28. The molecule has 1 aromatic carbocycles. The van der Waals surface area contributed by atoms with Gasteiger partial charge in [-0.05, 0) is 38.3 Å². The number of amides is 3. The van der Waals surface area contributed by atoms with Gasteiger partial charge in [-0.3, -0.25) is 14.6 Å². The summed E-state index contributed by atoms with van der Waals surface area (Å²) in [5.74, 6) is -4.43. The van der Waals surface area contributed by atoms with E-state index >= 15 is 0 Å². The van der Waals surface area contributed by atoms with Crippen LogP contribution in [0.3, 0.4) is 0 Å².